The van der Waals surface area contributed by atoms with Crippen molar-refractivity contribution in [1.82, 2.24) is 19.3 Å². The number of hydrogen-bond donors (Lipinski definition) is 2. The van der Waals surface area contributed by atoms with Crippen LogP contribution < -0.4 is 10.6 Å². The Morgan fingerprint density at radius 2 is 1.79 bits per heavy atom. The van der Waals surface area contributed by atoms with Crippen LogP contribution in [0.25, 0.3) is 10.6 Å². The Hall–Kier alpha value is -1.59. The van der Waals surface area contributed by atoms with Crippen molar-refractivity contribution in [3.8, 4) is 10.6 Å². The lowest BCUT2D eigenvalue weighted by molar-refractivity contribution is -0.137. The van der Waals surface area contributed by atoms with E-state index in [0.717, 1.165) is 45.0 Å². The number of nitrogens with one attached hydrogen (secondary N) is 2. The van der Waals surface area contributed by atoms with E-state index in [0.29, 0.717) is 16.1 Å². The summed E-state index contributed by atoms with van der Waals surface area (Å²) in [4.78, 5) is 12.8. The molecule has 2 N–H and O–H groups in total. The topological polar surface area (TPSA) is 66.0 Å². The first-order valence-corrected chi connectivity index (χ1v) is 11.1. The third-order valence-corrected chi connectivity index (χ3v) is 6.60. The molecule has 2 fully saturated rings. The number of rotatable bonds is 6. The average Bonchev–Trinajstić information content (AvgIpc) is 3.36. The summed E-state index contributed by atoms with van der Waals surface area (Å²) in [7, 11) is 0. The van der Waals surface area contributed by atoms with Gasteiger partial charge in [0.1, 0.15) is 5.56 Å². The van der Waals surface area contributed by atoms with Crippen molar-refractivity contribution in [3.63, 3.8) is 0 Å². The summed E-state index contributed by atoms with van der Waals surface area (Å²) in [6, 6.07) is 0.539. The van der Waals surface area contributed by atoms with E-state index >= 15 is 0 Å². The number of piperidine rings is 1. The molecule has 0 aromatic carbocycles. The van der Waals surface area contributed by atoms with Crippen molar-refractivity contribution in [2.45, 2.75) is 43.9 Å². The van der Waals surface area contributed by atoms with Crippen molar-refractivity contribution in [2.75, 3.05) is 30.0 Å². The van der Waals surface area contributed by atoms with Crippen molar-refractivity contribution < 1.29 is 13.2 Å². The SMILES string of the molecule is CSN1CCC(Nc2ncc(C(F)(F)F)c(-c3cnc(NC4CC4)s3)n2)CC1. The summed E-state index contributed by atoms with van der Waals surface area (Å²) in [6.45, 7) is 1.86. The van der Waals surface area contributed by atoms with E-state index in [1.807, 2.05) is 6.26 Å². The van der Waals surface area contributed by atoms with Gasteiger partial charge in [0.15, 0.2) is 5.13 Å². The van der Waals surface area contributed by atoms with Gasteiger partial charge in [-0.25, -0.2) is 15.0 Å². The van der Waals surface area contributed by atoms with Gasteiger partial charge in [-0.1, -0.05) is 23.3 Å². The normalized spacial score (nSPS) is 19.0. The molecule has 11 heteroatoms. The Labute approximate surface area is 169 Å². The highest BCUT2D eigenvalue weighted by molar-refractivity contribution is 7.96. The van der Waals surface area contributed by atoms with E-state index in [1.165, 1.54) is 17.5 Å². The van der Waals surface area contributed by atoms with Crippen LogP contribution in [-0.4, -0.2) is 50.7 Å². The van der Waals surface area contributed by atoms with E-state index in [1.54, 1.807) is 11.9 Å². The second kappa shape index (κ2) is 8.03. The molecule has 3 heterocycles. The van der Waals surface area contributed by atoms with E-state index in [2.05, 4.69) is 29.9 Å². The Morgan fingerprint density at radius 3 is 2.43 bits per heavy atom. The number of halogens is 3. The molecule has 2 aliphatic rings. The Balaban J connectivity index is 1.56. The molecule has 1 saturated carbocycles. The number of anilines is 2. The van der Waals surface area contributed by atoms with E-state index in [4.69, 9.17) is 0 Å². The van der Waals surface area contributed by atoms with Gasteiger partial charge in [-0.05, 0) is 31.9 Å². The molecule has 152 valence electrons. The molecule has 4 rings (SSSR count). The average molecular weight is 431 g/mol. The lowest BCUT2D eigenvalue weighted by Crippen LogP contribution is -2.35. The van der Waals surface area contributed by atoms with Gasteiger partial charge in [0.05, 0.1) is 10.6 Å². The van der Waals surface area contributed by atoms with Gasteiger partial charge >= 0.3 is 6.18 Å². The van der Waals surface area contributed by atoms with Crippen molar-refractivity contribution in [2.24, 2.45) is 0 Å². The zero-order chi connectivity index (χ0) is 19.7. The maximum atomic E-state index is 13.5. The summed E-state index contributed by atoms with van der Waals surface area (Å²) in [5.74, 6) is 0.232. The highest BCUT2D eigenvalue weighted by atomic mass is 32.2. The van der Waals surface area contributed by atoms with E-state index in [9.17, 15) is 13.2 Å². The fourth-order valence-corrected chi connectivity index (χ4v) is 4.54. The van der Waals surface area contributed by atoms with Crippen LogP contribution in [-0.2, 0) is 6.18 Å². The summed E-state index contributed by atoms with van der Waals surface area (Å²) in [5.41, 5.74) is -0.954. The number of nitrogens with zero attached hydrogens (tertiary/aromatic N) is 4. The van der Waals surface area contributed by atoms with E-state index < -0.39 is 11.7 Å². The first-order valence-electron chi connectivity index (χ1n) is 9.15. The zero-order valence-corrected chi connectivity index (χ0v) is 16.9. The number of thiazole rings is 1. The van der Waals surface area contributed by atoms with Gasteiger partial charge in [-0.15, -0.1) is 0 Å². The van der Waals surface area contributed by atoms with Gasteiger partial charge in [0, 0.05) is 37.6 Å². The maximum Gasteiger partial charge on any atom is 0.420 e. The Morgan fingerprint density at radius 1 is 1.07 bits per heavy atom. The lowest BCUT2D eigenvalue weighted by atomic mass is 10.1. The van der Waals surface area contributed by atoms with Crippen LogP contribution in [0.15, 0.2) is 12.4 Å². The number of hydrogen-bond acceptors (Lipinski definition) is 8. The van der Waals surface area contributed by atoms with Crippen molar-refractivity contribution in [3.05, 3.63) is 18.0 Å². The molecule has 2 aromatic rings. The second-order valence-electron chi connectivity index (χ2n) is 6.93. The van der Waals surface area contributed by atoms with Crippen LogP contribution in [0.2, 0.25) is 0 Å². The summed E-state index contributed by atoms with van der Waals surface area (Å²) in [6.07, 6.45) is 3.78. The standard InChI is InChI=1S/C17H21F3N6S2/c1-27-26-6-4-11(5-7-26)23-15-21-8-12(17(18,19)20)14(25-15)13-9-22-16(28-13)24-10-2-3-10/h8-11H,2-7H2,1H3,(H,22,24)(H,21,23,25). The first kappa shape index (κ1) is 19.7. The molecule has 0 bridgehead atoms. The molecule has 0 spiro atoms. The molecule has 6 nitrogen and oxygen atoms in total. The van der Waals surface area contributed by atoms with Crippen LogP contribution in [0.4, 0.5) is 24.3 Å². The minimum Gasteiger partial charge on any atom is -0.359 e. The lowest BCUT2D eigenvalue weighted by Gasteiger charge is -2.30. The summed E-state index contributed by atoms with van der Waals surface area (Å²) >= 11 is 2.90. The molecular weight excluding hydrogens is 409 g/mol. The van der Waals surface area contributed by atoms with Gasteiger partial charge < -0.3 is 10.6 Å². The Bertz CT molecular complexity index is 815. The molecule has 0 amide bonds. The van der Waals surface area contributed by atoms with Crippen molar-refractivity contribution in [1.29, 1.82) is 0 Å². The number of aromatic nitrogens is 3. The summed E-state index contributed by atoms with van der Waals surface area (Å²) < 4.78 is 42.7. The molecule has 28 heavy (non-hydrogen) atoms. The van der Waals surface area contributed by atoms with Gasteiger partial charge in [0.2, 0.25) is 5.95 Å². The smallest absolute Gasteiger partial charge is 0.359 e. The fraction of sp³-hybridized carbons (Fsp3) is 0.588. The third kappa shape index (κ3) is 4.69. The van der Waals surface area contributed by atoms with E-state index in [-0.39, 0.29) is 17.7 Å². The number of alkyl halides is 3. The van der Waals surface area contributed by atoms with Gasteiger partial charge in [-0.3, -0.25) is 4.31 Å². The highest BCUT2D eigenvalue weighted by Gasteiger charge is 2.36. The fourth-order valence-electron chi connectivity index (χ4n) is 3.06. The summed E-state index contributed by atoms with van der Waals surface area (Å²) in [5, 5.41) is 7.05. The van der Waals surface area contributed by atoms with Crippen LogP contribution >= 0.6 is 23.3 Å². The zero-order valence-electron chi connectivity index (χ0n) is 15.3. The van der Waals surface area contributed by atoms with Crippen LogP contribution in [0.3, 0.4) is 0 Å². The molecule has 2 aromatic heterocycles. The Kier molecular flexibility index (Phi) is 5.66. The van der Waals surface area contributed by atoms with Crippen molar-refractivity contribution >= 4 is 34.4 Å². The van der Waals surface area contributed by atoms with Crippen LogP contribution in [0.5, 0.6) is 0 Å². The molecule has 1 saturated heterocycles. The maximum absolute atomic E-state index is 13.5. The molecule has 1 aliphatic carbocycles. The quantitative estimate of drug-likeness (QED) is 0.661. The van der Waals surface area contributed by atoms with Gasteiger partial charge in [0.25, 0.3) is 0 Å². The molecule has 0 radical (unpaired) electrons. The first-order chi connectivity index (χ1) is 13.4. The predicted molar refractivity (Wildman–Crippen MR) is 107 cm³/mol. The minimum atomic E-state index is -4.52. The van der Waals surface area contributed by atoms with Gasteiger partial charge in [-0.2, -0.15) is 13.2 Å². The molecular formula is C17H21F3N6S2. The minimum absolute atomic E-state index is 0.118. The highest BCUT2D eigenvalue weighted by Crippen LogP contribution is 2.39. The predicted octanol–water partition coefficient (Wildman–Crippen LogP) is 4.35. The largest absolute Gasteiger partial charge is 0.420 e. The van der Waals surface area contributed by atoms with Crippen LogP contribution in [0.1, 0.15) is 31.2 Å². The molecule has 0 unspecified atom stereocenters. The third-order valence-electron chi connectivity index (χ3n) is 4.78. The van der Waals surface area contributed by atoms with Crippen LogP contribution in [0, 0.1) is 0 Å². The molecule has 1 aliphatic heterocycles. The monoisotopic (exact) mass is 430 g/mol. The molecule has 0 atom stereocenters. The second-order valence-corrected chi connectivity index (χ2v) is 8.84.